The molecule has 0 saturated carbocycles. The van der Waals surface area contributed by atoms with Crippen molar-refractivity contribution in [3.63, 3.8) is 0 Å². The minimum atomic E-state index is 0.418. The topological polar surface area (TPSA) is 61.7 Å². The van der Waals surface area contributed by atoms with Gasteiger partial charge in [0.2, 0.25) is 0 Å². The average Bonchev–Trinajstić information content (AvgIpc) is 2.90. The van der Waals surface area contributed by atoms with Crippen molar-refractivity contribution in [2.45, 2.75) is 6.54 Å². The fourth-order valence-corrected chi connectivity index (χ4v) is 2.99. The van der Waals surface area contributed by atoms with Gasteiger partial charge in [-0.2, -0.15) is 0 Å². The number of aromatic nitrogens is 4. The minimum absolute atomic E-state index is 0.418. The van der Waals surface area contributed by atoms with Crippen LogP contribution >= 0.6 is 15.9 Å². The maximum absolute atomic E-state index is 5.68. The Morgan fingerprint density at radius 3 is 2.79 bits per heavy atom. The molecule has 3 rings (SSSR count). The molecular formula is C13H14BrN5. The summed E-state index contributed by atoms with van der Waals surface area (Å²) in [6, 6.07) is 6.21. The standard InChI is InChI=1S/C13H14BrN5/c1-18-7-16-9-5-8(3-4-10(9)18)12-13(14)17-11(6-15)19(12)2/h3-5,7H,6,15H2,1-2H3. The Morgan fingerprint density at radius 1 is 1.32 bits per heavy atom. The zero-order valence-electron chi connectivity index (χ0n) is 10.8. The third kappa shape index (κ3) is 1.87. The van der Waals surface area contributed by atoms with E-state index in [1.165, 1.54) is 0 Å². The van der Waals surface area contributed by atoms with E-state index in [0.717, 1.165) is 32.7 Å². The molecule has 0 bridgehead atoms. The van der Waals surface area contributed by atoms with Gasteiger partial charge in [0.25, 0.3) is 0 Å². The summed E-state index contributed by atoms with van der Waals surface area (Å²) in [6.07, 6.45) is 1.82. The number of rotatable bonds is 2. The monoisotopic (exact) mass is 319 g/mol. The lowest BCUT2D eigenvalue weighted by Crippen LogP contribution is -2.05. The van der Waals surface area contributed by atoms with Crippen LogP contribution in [0.1, 0.15) is 5.82 Å². The molecular weight excluding hydrogens is 306 g/mol. The van der Waals surface area contributed by atoms with Crippen LogP contribution in [0.4, 0.5) is 0 Å². The van der Waals surface area contributed by atoms with Crippen LogP contribution in [-0.4, -0.2) is 19.1 Å². The Morgan fingerprint density at radius 2 is 2.11 bits per heavy atom. The van der Waals surface area contributed by atoms with E-state index >= 15 is 0 Å². The Balaban J connectivity index is 2.21. The van der Waals surface area contributed by atoms with Crippen molar-refractivity contribution in [3.05, 3.63) is 35.0 Å². The van der Waals surface area contributed by atoms with E-state index in [9.17, 15) is 0 Å². The van der Waals surface area contributed by atoms with Gasteiger partial charge in [-0.05, 0) is 28.1 Å². The van der Waals surface area contributed by atoms with Gasteiger partial charge >= 0.3 is 0 Å². The molecule has 19 heavy (non-hydrogen) atoms. The molecule has 3 aromatic rings. The first-order valence-corrected chi connectivity index (χ1v) is 6.73. The van der Waals surface area contributed by atoms with Gasteiger partial charge < -0.3 is 14.9 Å². The summed E-state index contributed by atoms with van der Waals surface area (Å²) in [5, 5.41) is 0. The van der Waals surface area contributed by atoms with Gasteiger partial charge in [-0.1, -0.05) is 6.07 Å². The van der Waals surface area contributed by atoms with E-state index in [1.54, 1.807) is 0 Å². The lowest BCUT2D eigenvalue weighted by Gasteiger charge is -2.05. The second-order valence-electron chi connectivity index (χ2n) is 4.49. The Labute approximate surface area is 119 Å². The molecule has 0 saturated heterocycles. The third-order valence-electron chi connectivity index (χ3n) is 3.33. The average molecular weight is 320 g/mol. The number of halogens is 1. The second-order valence-corrected chi connectivity index (χ2v) is 5.24. The Bertz CT molecular complexity index is 756. The van der Waals surface area contributed by atoms with Crippen LogP contribution in [0.25, 0.3) is 22.3 Å². The van der Waals surface area contributed by atoms with E-state index < -0.39 is 0 Å². The van der Waals surface area contributed by atoms with E-state index in [1.807, 2.05) is 29.6 Å². The molecule has 0 fully saturated rings. The number of hydrogen-bond donors (Lipinski definition) is 1. The van der Waals surface area contributed by atoms with Gasteiger partial charge in [0.1, 0.15) is 10.4 Å². The van der Waals surface area contributed by atoms with E-state index in [4.69, 9.17) is 5.73 Å². The molecule has 98 valence electrons. The van der Waals surface area contributed by atoms with Crippen molar-refractivity contribution in [3.8, 4) is 11.3 Å². The first kappa shape index (κ1) is 12.4. The molecule has 2 aromatic heterocycles. The molecule has 2 heterocycles. The third-order valence-corrected chi connectivity index (χ3v) is 3.88. The van der Waals surface area contributed by atoms with Crippen molar-refractivity contribution in [1.82, 2.24) is 19.1 Å². The molecule has 0 spiro atoms. The minimum Gasteiger partial charge on any atom is -0.334 e. The van der Waals surface area contributed by atoms with Gasteiger partial charge in [0, 0.05) is 19.7 Å². The maximum Gasteiger partial charge on any atom is 0.132 e. The number of nitrogens with zero attached hydrogens (tertiary/aromatic N) is 4. The Hall–Kier alpha value is -1.66. The fraction of sp³-hybridized carbons (Fsp3) is 0.231. The predicted molar refractivity (Wildman–Crippen MR) is 78.5 cm³/mol. The highest BCUT2D eigenvalue weighted by Crippen LogP contribution is 2.30. The molecule has 0 unspecified atom stereocenters. The number of hydrogen-bond acceptors (Lipinski definition) is 3. The van der Waals surface area contributed by atoms with E-state index in [0.29, 0.717) is 6.54 Å². The highest BCUT2D eigenvalue weighted by atomic mass is 79.9. The lowest BCUT2D eigenvalue weighted by atomic mass is 10.1. The SMILES string of the molecule is Cn1c(CN)nc(Br)c1-c1ccc2c(c1)ncn2C. The van der Waals surface area contributed by atoms with Gasteiger partial charge in [-0.3, -0.25) is 0 Å². The number of aryl methyl sites for hydroxylation is 1. The zero-order valence-corrected chi connectivity index (χ0v) is 12.3. The lowest BCUT2D eigenvalue weighted by molar-refractivity contribution is 0.798. The first-order chi connectivity index (χ1) is 9.11. The first-order valence-electron chi connectivity index (χ1n) is 5.94. The largest absolute Gasteiger partial charge is 0.334 e. The van der Waals surface area contributed by atoms with Gasteiger partial charge in [0.05, 0.1) is 29.6 Å². The molecule has 2 N–H and O–H groups in total. The smallest absolute Gasteiger partial charge is 0.132 e. The summed E-state index contributed by atoms with van der Waals surface area (Å²) < 4.78 is 4.82. The van der Waals surface area contributed by atoms with Crippen molar-refractivity contribution in [2.24, 2.45) is 19.8 Å². The van der Waals surface area contributed by atoms with Gasteiger partial charge in [-0.15, -0.1) is 0 Å². The molecule has 0 aliphatic carbocycles. The fourth-order valence-electron chi connectivity index (χ4n) is 2.29. The predicted octanol–water partition coefficient (Wildman–Crippen LogP) is 2.20. The summed E-state index contributed by atoms with van der Waals surface area (Å²) in [7, 11) is 3.96. The van der Waals surface area contributed by atoms with Crippen molar-refractivity contribution >= 4 is 27.0 Å². The summed E-state index contributed by atoms with van der Waals surface area (Å²) >= 11 is 3.50. The van der Waals surface area contributed by atoms with Crippen LogP contribution < -0.4 is 5.73 Å². The molecule has 5 nitrogen and oxygen atoms in total. The van der Waals surface area contributed by atoms with Gasteiger partial charge in [0.15, 0.2) is 0 Å². The second kappa shape index (κ2) is 4.47. The van der Waals surface area contributed by atoms with E-state index in [-0.39, 0.29) is 0 Å². The molecule has 0 radical (unpaired) electrons. The van der Waals surface area contributed by atoms with Crippen LogP contribution in [0.5, 0.6) is 0 Å². The quantitative estimate of drug-likeness (QED) is 0.787. The van der Waals surface area contributed by atoms with Crippen LogP contribution in [0.15, 0.2) is 29.1 Å². The van der Waals surface area contributed by atoms with Crippen LogP contribution in [0.2, 0.25) is 0 Å². The summed E-state index contributed by atoms with van der Waals surface area (Å²) in [5.74, 6) is 0.850. The summed E-state index contributed by atoms with van der Waals surface area (Å²) in [5.41, 5.74) is 9.87. The zero-order chi connectivity index (χ0) is 13.6. The van der Waals surface area contributed by atoms with Crippen LogP contribution in [0.3, 0.4) is 0 Å². The normalized spacial score (nSPS) is 11.4. The number of benzene rings is 1. The molecule has 6 heteroatoms. The summed E-state index contributed by atoms with van der Waals surface area (Å²) in [4.78, 5) is 8.80. The molecule has 0 amide bonds. The maximum atomic E-state index is 5.68. The van der Waals surface area contributed by atoms with Crippen LogP contribution in [-0.2, 0) is 20.6 Å². The summed E-state index contributed by atoms with van der Waals surface area (Å²) in [6.45, 7) is 0.418. The van der Waals surface area contributed by atoms with E-state index in [2.05, 4.69) is 44.1 Å². The van der Waals surface area contributed by atoms with Crippen molar-refractivity contribution in [2.75, 3.05) is 0 Å². The molecule has 0 aliphatic rings. The highest BCUT2D eigenvalue weighted by molar-refractivity contribution is 9.10. The highest BCUT2D eigenvalue weighted by Gasteiger charge is 2.14. The molecule has 0 aliphatic heterocycles. The van der Waals surface area contributed by atoms with Crippen molar-refractivity contribution in [1.29, 1.82) is 0 Å². The number of nitrogens with two attached hydrogens (primary N) is 1. The molecule has 1 aromatic carbocycles. The van der Waals surface area contributed by atoms with Crippen molar-refractivity contribution < 1.29 is 0 Å². The molecule has 0 atom stereocenters. The van der Waals surface area contributed by atoms with Gasteiger partial charge in [-0.25, -0.2) is 9.97 Å². The number of imidazole rings is 2. The Kier molecular flexibility index (Phi) is 2.91. The number of fused-ring (bicyclic) bond motifs is 1. The van der Waals surface area contributed by atoms with Crippen LogP contribution in [0, 0.1) is 0 Å².